The minimum absolute atomic E-state index is 0.334. The standard InChI is InChI=1S/C22H16BrFN2O2/c1-26-17-11-10-13(23)12-15(17)22(24,21(26)27)20-14-6-2-4-8-18(14)28-19-9-5-3-7-16(19)25-20/h2-12,20,25H,1H3/t20-,22-/m1/s1. The first-order valence-electron chi connectivity index (χ1n) is 8.89. The molecule has 5 rings (SSSR count). The number of ether oxygens (including phenoxy) is 1. The highest BCUT2D eigenvalue weighted by Gasteiger charge is 2.57. The molecule has 1 N–H and O–H groups in total. The van der Waals surface area contributed by atoms with E-state index in [1.54, 1.807) is 37.4 Å². The van der Waals surface area contributed by atoms with Crippen LogP contribution >= 0.6 is 15.9 Å². The maximum atomic E-state index is 16.8. The third kappa shape index (κ3) is 2.31. The van der Waals surface area contributed by atoms with Crippen molar-refractivity contribution >= 4 is 33.2 Å². The van der Waals surface area contributed by atoms with Crippen LogP contribution in [0.3, 0.4) is 0 Å². The molecular formula is C22H16BrFN2O2. The topological polar surface area (TPSA) is 41.6 Å². The predicted molar refractivity (Wildman–Crippen MR) is 110 cm³/mol. The monoisotopic (exact) mass is 438 g/mol. The maximum absolute atomic E-state index is 16.8. The van der Waals surface area contributed by atoms with E-state index in [2.05, 4.69) is 21.2 Å². The molecule has 0 radical (unpaired) electrons. The molecule has 0 aliphatic carbocycles. The van der Waals surface area contributed by atoms with Crippen molar-refractivity contribution in [3.05, 3.63) is 82.3 Å². The zero-order valence-electron chi connectivity index (χ0n) is 14.9. The molecule has 4 nitrogen and oxygen atoms in total. The third-order valence-corrected chi connectivity index (χ3v) is 5.86. The number of carbonyl (C=O) groups excluding carboxylic acids is 1. The van der Waals surface area contributed by atoms with Crippen LogP contribution in [0, 0.1) is 0 Å². The van der Waals surface area contributed by atoms with Crippen LogP contribution in [0.2, 0.25) is 0 Å². The zero-order chi connectivity index (χ0) is 19.5. The molecule has 0 aromatic heterocycles. The number of nitrogens with one attached hydrogen (secondary N) is 1. The molecule has 2 atom stereocenters. The van der Waals surface area contributed by atoms with E-state index in [1.807, 2.05) is 36.4 Å². The summed E-state index contributed by atoms with van der Waals surface area (Å²) in [6.07, 6.45) is 0. The lowest BCUT2D eigenvalue weighted by atomic mass is 9.84. The summed E-state index contributed by atoms with van der Waals surface area (Å²) < 4.78 is 23.6. The average Bonchev–Trinajstić information content (AvgIpc) is 2.84. The fourth-order valence-electron chi connectivity index (χ4n) is 3.99. The highest BCUT2D eigenvalue weighted by Crippen LogP contribution is 2.54. The molecule has 0 bridgehead atoms. The van der Waals surface area contributed by atoms with E-state index in [0.717, 1.165) is 4.47 Å². The number of amides is 1. The van der Waals surface area contributed by atoms with E-state index in [1.165, 1.54) is 4.90 Å². The lowest BCUT2D eigenvalue weighted by Crippen LogP contribution is -2.42. The van der Waals surface area contributed by atoms with Crippen molar-refractivity contribution in [1.29, 1.82) is 0 Å². The molecule has 2 aliphatic rings. The molecule has 6 heteroatoms. The molecule has 1 amide bonds. The molecule has 0 fully saturated rings. The van der Waals surface area contributed by atoms with Crippen molar-refractivity contribution in [3.63, 3.8) is 0 Å². The Hall–Kier alpha value is -2.86. The van der Waals surface area contributed by atoms with E-state index in [-0.39, 0.29) is 0 Å². The number of nitrogens with zero attached hydrogens (tertiary/aromatic N) is 1. The summed E-state index contributed by atoms with van der Waals surface area (Å²) in [7, 11) is 1.60. The van der Waals surface area contributed by atoms with Gasteiger partial charge in [0.05, 0.1) is 11.4 Å². The SMILES string of the molecule is CN1C(=O)[C@](F)([C@@H]2Nc3ccccc3Oc3ccccc32)c2cc(Br)ccc21. The van der Waals surface area contributed by atoms with Crippen molar-refractivity contribution in [1.82, 2.24) is 0 Å². The number of likely N-dealkylation sites (N-methyl/N-ethyl adjacent to an activating group) is 1. The first kappa shape index (κ1) is 17.3. The number of para-hydroxylation sites is 3. The van der Waals surface area contributed by atoms with Gasteiger partial charge in [0.1, 0.15) is 11.8 Å². The van der Waals surface area contributed by atoms with Crippen molar-refractivity contribution < 1.29 is 13.9 Å². The number of carbonyl (C=O) groups is 1. The van der Waals surface area contributed by atoms with Crippen molar-refractivity contribution in [3.8, 4) is 11.5 Å². The van der Waals surface area contributed by atoms with Crippen molar-refractivity contribution in [2.45, 2.75) is 11.7 Å². The summed E-state index contributed by atoms with van der Waals surface area (Å²) in [5.74, 6) is 0.516. The molecule has 3 aromatic rings. The van der Waals surface area contributed by atoms with Crippen molar-refractivity contribution in [2.75, 3.05) is 17.3 Å². The molecule has 0 unspecified atom stereocenters. The van der Waals surface area contributed by atoms with E-state index in [4.69, 9.17) is 4.74 Å². The van der Waals surface area contributed by atoms with Gasteiger partial charge in [-0.3, -0.25) is 4.79 Å². The highest BCUT2D eigenvalue weighted by atomic mass is 79.9. The van der Waals surface area contributed by atoms with E-state index in [9.17, 15) is 4.79 Å². The number of benzene rings is 3. The smallest absolute Gasteiger partial charge is 0.271 e. The van der Waals surface area contributed by atoms with Gasteiger partial charge in [0.2, 0.25) is 5.67 Å². The molecule has 2 aliphatic heterocycles. The van der Waals surface area contributed by atoms with Gasteiger partial charge in [-0.15, -0.1) is 0 Å². The van der Waals surface area contributed by atoms with Crippen LogP contribution in [0.15, 0.2) is 71.2 Å². The van der Waals surface area contributed by atoms with E-state index >= 15 is 4.39 Å². The van der Waals surface area contributed by atoms with Crippen LogP contribution < -0.4 is 15.0 Å². The second-order valence-corrected chi connectivity index (χ2v) is 7.87. The van der Waals surface area contributed by atoms with Crippen LogP contribution in [0.1, 0.15) is 17.2 Å². The largest absolute Gasteiger partial charge is 0.455 e. The van der Waals surface area contributed by atoms with E-state index in [0.29, 0.717) is 34.0 Å². The Labute approximate surface area is 170 Å². The number of anilines is 2. The Morgan fingerprint density at radius 3 is 2.61 bits per heavy atom. The van der Waals surface area contributed by atoms with Gasteiger partial charge in [-0.2, -0.15) is 0 Å². The second-order valence-electron chi connectivity index (χ2n) is 6.95. The number of halogens is 2. The van der Waals surface area contributed by atoms with Gasteiger partial charge >= 0.3 is 0 Å². The Kier molecular flexibility index (Phi) is 3.74. The van der Waals surface area contributed by atoms with Gasteiger partial charge in [0, 0.05) is 22.6 Å². The Morgan fingerprint density at radius 1 is 1.07 bits per heavy atom. The van der Waals surface area contributed by atoms with Gasteiger partial charge in [0.25, 0.3) is 5.91 Å². The van der Waals surface area contributed by atoms with Gasteiger partial charge in [0.15, 0.2) is 5.75 Å². The number of rotatable bonds is 1. The minimum Gasteiger partial charge on any atom is -0.455 e. The number of fused-ring (bicyclic) bond motifs is 3. The molecular weight excluding hydrogens is 423 g/mol. The van der Waals surface area contributed by atoms with Crippen LogP contribution in [-0.4, -0.2) is 13.0 Å². The van der Waals surface area contributed by atoms with Gasteiger partial charge in [-0.1, -0.05) is 46.3 Å². The molecule has 0 saturated heterocycles. The van der Waals surface area contributed by atoms with Gasteiger partial charge in [-0.05, 0) is 36.4 Å². The third-order valence-electron chi connectivity index (χ3n) is 5.36. The first-order chi connectivity index (χ1) is 13.5. The molecule has 3 aromatic carbocycles. The number of alkyl halides is 1. The quantitative estimate of drug-likeness (QED) is 0.541. The second kappa shape index (κ2) is 6.07. The summed E-state index contributed by atoms with van der Waals surface area (Å²) in [6.45, 7) is 0. The zero-order valence-corrected chi connectivity index (χ0v) is 16.5. The van der Waals surface area contributed by atoms with Crippen LogP contribution in [-0.2, 0) is 10.5 Å². The molecule has 140 valence electrons. The predicted octanol–water partition coefficient (Wildman–Crippen LogP) is 5.55. The van der Waals surface area contributed by atoms with Gasteiger partial charge in [-0.25, -0.2) is 4.39 Å². The normalized spacial score (nSPS) is 22.5. The summed E-state index contributed by atoms with van der Waals surface area (Å²) in [5, 5.41) is 3.25. The maximum Gasteiger partial charge on any atom is 0.271 e. The highest BCUT2D eigenvalue weighted by molar-refractivity contribution is 9.10. The molecule has 28 heavy (non-hydrogen) atoms. The summed E-state index contributed by atoms with van der Waals surface area (Å²) >= 11 is 3.41. The van der Waals surface area contributed by atoms with Crippen LogP contribution in [0.5, 0.6) is 11.5 Å². The molecule has 2 heterocycles. The summed E-state index contributed by atoms with van der Waals surface area (Å²) in [6, 6.07) is 18.9. The Balaban J connectivity index is 1.77. The molecule has 0 spiro atoms. The number of hydrogen-bond donors (Lipinski definition) is 1. The lowest BCUT2D eigenvalue weighted by Gasteiger charge is -2.30. The summed E-state index contributed by atoms with van der Waals surface area (Å²) in [4.78, 5) is 14.6. The summed E-state index contributed by atoms with van der Waals surface area (Å²) in [5.41, 5.74) is -0.157. The lowest BCUT2D eigenvalue weighted by molar-refractivity contribution is -0.130. The van der Waals surface area contributed by atoms with Gasteiger partial charge < -0.3 is 15.0 Å². The fraction of sp³-hybridized carbons (Fsp3) is 0.136. The molecule has 0 saturated carbocycles. The number of hydrogen-bond acceptors (Lipinski definition) is 3. The van der Waals surface area contributed by atoms with Crippen LogP contribution in [0.4, 0.5) is 15.8 Å². The minimum atomic E-state index is -2.29. The van der Waals surface area contributed by atoms with Crippen molar-refractivity contribution in [2.24, 2.45) is 0 Å². The first-order valence-corrected chi connectivity index (χ1v) is 9.69. The van der Waals surface area contributed by atoms with E-state index < -0.39 is 17.6 Å². The Morgan fingerprint density at radius 2 is 1.79 bits per heavy atom. The fourth-order valence-corrected chi connectivity index (χ4v) is 4.35. The van der Waals surface area contributed by atoms with Crippen LogP contribution in [0.25, 0.3) is 0 Å². The average molecular weight is 439 g/mol. The Bertz CT molecular complexity index is 1120.